The minimum absolute atomic E-state index is 0.431. The van der Waals surface area contributed by atoms with E-state index in [9.17, 15) is 0 Å². The molecule has 0 unspecified atom stereocenters. The topological polar surface area (TPSA) is 104 Å². The van der Waals surface area contributed by atoms with E-state index in [1.54, 1.807) is 18.6 Å². The molecule has 0 amide bonds. The summed E-state index contributed by atoms with van der Waals surface area (Å²) in [4.78, 5) is 12.7. The van der Waals surface area contributed by atoms with Crippen molar-refractivity contribution in [2.24, 2.45) is 0 Å². The van der Waals surface area contributed by atoms with Crippen molar-refractivity contribution in [1.29, 1.82) is 0 Å². The Morgan fingerprint density at radius 2 is 2.04 bits per heavy atom. The van der Waals surface area contributed by atoms with Gasteiger partial charge >= 0.3 is 0 Å². The number of pyridine rings is 2. The van der Waals surface area contributed by atoms with Gasteiger partial charge in [-0.2, -0.15) is 4.98 Å². The SMILES string of the molecule is Cc1cnc(I)c(-c2noc(CSc3nnc(-c4ccncc4)o3)n2)c1. The number of aromatic nitrogens is 6. The molecule has 0 aromatic carbocycles. The third kappa shape index (κ3) is 3.75. The van der Waals surface area contributed by atoms with E-state index in [4.69, 9.17) is 8.94 Å². The van der Waals surface area contributed by atoms with Gasteiger partial charge in [-0.15, -0.1) is 10.2 Å². The van der Waals surface area contributed by atoms with Crippen molar-refractivity contribution in [3.8, 4) is 22.8 Å². The molecule has 4 rings (SSSR count). The fraction of sp³-hybridized carbons (Fsp3) is 0.125. The molecule has 0 N–H and O–H groups in total. The zero-order valence-electron chi connectivity index (χ0n) is 13.5. The monoisotopic (exact) mass is 478 g/mol. The van der Waals surface area contributed by atoms with Gasteiger partial charge in [-0.25, -0.2) is 4.98 Å². The van der Waals surface area contributed by atoms with Crippen molar-refractivity contribution in [1.82, 2.24) is 30.3 Å². The fourth-order valence-corrected chi connectivity index (χ4v) is 3.27. The third-order valence-electron chi connectivity index (χ3n) is 3.34. The standard InChI is InChI=1S/C16H11IN6O2S/c1-9-6-11(13(17)19-7-9)14-20-12(25-23-14)8-26-16-22-21-15(24-16)10-2-4-18-5-3-10/h2-7H,8H2,1H3. The van der Waals surface area contributed by atoms with Crippen molar-refractivity contribution in [2.45, 2.75) is 17.9 Å². The van der Waals surface area contributed by atoms with E-state index in [1.807, 2.05) is 25.1 Å². The lowest BCUT2D eigenvalue weighted by Gasteiger charge is -1.99. The van der Waals surface area contributed by atoms with Crippen LogP contribution in [-0.2, 0) is 5.75 Å². The molecule has 0 fully saturated rings. The van der Waals surface area contributed by atoms with E-state index in [0.717, 1.165) is 20.4 Å². The van der Waals surface area contributed by atoms with Crippen molar-refractivity contribution in [3.63, 3.8) is 0 Å². The normalized spacial score (nSPS) is 11.0. The van der Waals surface area contributed by atoms with Crippen LogP contribution in [0.1, 0.15) is 11.5 Å². The molecular formula is C16H11IN6O2S. The van der Waals surface area contributed by atoms with Gasteiger partial charge in [0.05, 0.1) is 11.3 Å². The van der Waals surface area contributed by atoms with Gasteiger partial charge in [0, 0.05) is 24.2 Å². The number of thioether (sulfide) groups is 1. The number of aryl methyl sites for hydroxylation is 1. The molecule has 130 valence electrons. The van der Waals surface area contributed by atoms with Crippen LogP contribution in [0.4, 0.5) is 0 Å². The number of halogens is 1. The molecule has 0 saturated heterocycles. The van der Waals surface area contributed by atoms with Gasteiger partial charge in [0.1, 0.15) is 3.70 Å². The molecule has 4 heterocycles. The molecule has 0 spiro atoms. The molecule has 0 saturated carbocycles. The highest BCUT2D eigenvalue weighted by molar-refractivity contribution is 14.1. The molecule has 8 nitrogen and oxygen atoms in total. The minimum Gasteiger partial charge on any atom is -0.411 e. The van der Waals surface area contributed by atoms with Crippen molar-refractivity contribution >= 4 is 34.4 Å². The molecular weight excluding hydrogens is 467 g/mol. The number of nitrogens with zero attached hydrogens (tertiary/aromatic N) is 6. The largest absolute Gasteiger partial charge is 0.411 e. The van der Waals surface area contributed by atoms with Gasteiger partial charge in [0.25, 0.3) is 5.22 Å². The van der Waals surface area contributed by atoms with Crippen LogP contribution in [-0.4, -0.2) is 30.3 Å². The summed E-state index contributed by atoms with van der Waals surface area (Å²) in [6.07, 6.45) is 5.15. The highest BCUT2D eigenvalue weighted by atomic mass is 127. The number of hydrogen-bond donors (Lipinski definition) is 0. The summed E-state index contributed by atoms with van der Waals surface area (Å²) in [6.45, 7) is 1.97. The van der Waals surface area contributed by atoms with Crippen molar-refractivity contribution < 1.29 is 8.94 Å². The van der Waals surface area contributed by atoms with Crippen LogP contribution in [0.2, 0.25) is 0 Å². The molecule has 4 aromatic rings. The lowest BCUT2D eigenvalue weighted by Crippen LogP contribution is -1.91. The maximum Gasteiger partial charge on any atom is 0.277 e. The zero-order chi connectivity index (χ0) is 17.9. The Hall–Kier alpha value is -2.34. The lowest BCUT2D eigenvalue weighted by molar-refractivity contribution is 0.391. The molecule has 0 aliphatic carbocycles. The first-order chi connectivity index (χ1) is 12.7. The second-order valence-electron chi connectivity index (χ2n) is 5.26. The van der Waals surface area contributed by atoms with Crippen LogP contribution < -0.4 is 0 Å². The summed E-state index contributed by atoms with van der Waals surface area (Å²) in [5.41, 5.74) is 2.71. The molecule has 10 heteroatoms. The van der Waals surface area contributed by atoms with E-state index in [2.05, 4.69) is 52.9 Å². The second kappa shape index (κ2) is 7.50. The average molecular weight is 478 g/mol. The smallest absolute Gasteiger partial charge is 0.277 e. The second-order valence-corrected chi connectivity index (χ2v) is 7.21. The highest BCUT2D eigenvalue weighted by Crippen LogP contribution is 2.27. The Bertz CT molecular complexity index is 1040. The summed E-state index contributed by atoms with van der Waals surface area (Å²) in [6, 6.07) is 5.60. The Kier molecular flexibility index (Phi) is 4.93. The first-order valence-electron chi connectivity index (χ1n) is 7.51. The molecule has 4 aromatic heterocycles. The minimum atomic E-state index is 0.431. The summed E-state index contributed by atoms with van der Waals surface area (Å²) in [5.74, 6) is 1.87. The fourth-order valence-electron chi connectivity index (χ4n) is 2.13. The Balaban J connectivity index is 1.46. The average Bonchev–Trinajstić information content (AvgIpc) is 3.32. The zero-order valence-corrected chi connectivity index (χ0v) is 16.4. The van der Waals surface area contributed by atoms with Gasteiger partial charge < -0.3 is 8.94 Å². The van der Waals surface area contributed by atoms with Crippen LogP contribution in [0, 0.1) is 10.6 Å². The van der Waals surface area contributed by atoms with E-state index in [1.165, 1.54) is 11.8 Å². The Morgan fingerprint density at radius 3 is 2.88 bits per heavy atom. The maximum atomic E-state index is 5.63. The first kappa shape index (κ1) is 17.1. The molecule has 0 bridgehead atoms. The van der Waals surface area contributed by atoms with Crippen LogP contribution >= 0.6 is 34.4 Å². The van der Waals surface area contributed by atoms with Crippen LogP contribution in [0.5, 0.6) is 0 Å². The van der Waals surface area contributed by atoms with Gasteiger partial charge in [-0.1, -0.05) is 16.9 Å². The van der Waals surface area contributed by atoms with Gasteiger partial charge in [-0.3, -0.25) is 4.98 Å². The lowest BCUT2D eigenvalue weighted by atomic mass is 10.2. The van der Waals surface area contributed by atoms with Crippen LogP contribution in [0.3, 0.4) is 0 Å². The van der Waals surface area contributed by atoms with Gasteiger partial charge in [0.15, 0.2) is 0 Å². The van der Waals surface area contributed by atoms with E-state index in [0.29, 0.717) is 28.6 Å². The molecule has 0 aliphatic rings. The molecule has 26 heavy (non-hydrogen) atoms. The third-order valence-corrected chi connectivity index (χ3v) is 5.00. The van der Waals surface area contributed by atoms with E-state index >= 15 is 0 Å². The Labute approximate surface area is 166 Å². The number of rotatable bonds is 5. The van der Waals surface area contributed by atoms with E-state index in [-0.39, 0.29) is 0 Å². The summed E-state index contributed by atoms with van der Waals surface area (Å²) in [5, 5.41) is 12.5. The van der Waals surface area contributed by atoms with Crippen molar-refractivity contribution in [3.05, 3.63) is 51.9 Å². The first-order valence-corrected chi connectivity index (χ1v) is 9.57. The maximum absolute atomic E-state index is 5.63. The van der Waals surface area contributed by atoms with Crippen LogP contribution in [0.25, 0.3) is 22.8 Å². The number of hydrogen-bond acceptors (Lipinski definition) is 9. The molecule has 0 atom stereocenters. The highest BCUT2D eigenvalue weighted by Gasteiger charge is 2.15. The van der Waals surface area contributed by atoms with Crippen molar-refractivity contribution in [2.75, 3.05) is 0 Å². The van der Waals surface area contributed by atoms with E-state index < -0.39 is 0 Å². The quantitative estimate of drug-likeness (QED) is 0.241. The summed E-state index contributed by atoms with van der Waals surface area (Å²) < 4.78 is 11.8. The Morgan fingerprint density at radius 1 is 1.19 bits per heavy atom. The predicted octanol–water partition coefficient (Wildman–Crippen LogP) is 3.78. The summed E-state index contributed by atoms with van der Waals surface area (Å²) >= 11 is 3.49. The predicted molar refractivity (Wildman–Crippen MR) is 102 cm³/mol. The molecule has 0 aliphatic heterocycles. The van der Waals surface area contributed by atoms with Gasteiger partial charge in [-0.05, 0) is 53.3 Å². The molecule has 0 radical (unpaired) electrons. The van der Waals surface area contributed by atoms with Gasteiger partial charge in [0.2, 0.25) is 17.6 Å². The van der Waals surface area contributed by atoms with Crippen LogP contribution in [0.15, 0.2) is 51.0 Å². The summed E-state index contributed by atoms with van der Waals surface area (Å²) in [7, 11) is 0.